The summed E-state index contributed by atoms with van der Waals surface area (Å²) in [5.74, 6) is -0.429. The van der Waals surface area contributed by atoms with E-state index in [4.69, 9.17) is 5.11 Å². The van der Waals surface area contributed by atoms with E-state index in [-0.39, 0.29) is 25.0 Å². The molecule has 3 rings (SSSR count). The maximum atomic E-state index is 12.9. The Hall–Kier alpha value is -1.74. The van der Waals surface area contributed by atoms with Gasteiger partial charge in [-0.15, -0.1) is 11.3 Å². The predicted octanol–water partition coefficient (Wildman–Crippen LogP) is 2.77. The fourth-order valence-electron chi connectivity index (χ4n) is 2.91. The Morgan fingerprint density at radius 2 is 1.92 bits per heavy atom. The highest BCUT2D eigenvalue weighted by Gasteiger charge is 2.27. The van der Waals surface area contributed by atoms with Crippen LogP contribution in [0.4, 0.5) is 10.7 Å². The Bertz CT molecular complexity index is 805. The summed E-state index contributed by atoms with van der Waals surface area (Å²) in [6.45, 7) is 0.420. The van der Waals surface area contributed by atoms with E-state index < -0.39 is 0 Å². The average molecular weight is 438 g/mol. The van der Waals surface area contributed by atoms with Gasteiger partial charge in [0.2, 0.25) is 5.91 Å². The lowest BCUT2D eigenvalue weighted by molar-refractivity contribution is -0.115. The van der Waals surface area contributed by atoms with E-state index in [1.54, 1.807) is 0 Å². The molecule has 2 aromatic rings. The number of nitrogens with one attached hydrogen (secondary N) is 3. The number of rotatable bonds is 7. The summed E-state index contributed by atoms with van der Waals surface area (Å²) in [4.78, 5) is 26.1. The van der Waals surface area contributed by atoms with Crippen molar-refractivity contribution < 1.29 is 14.7 Å². The van der Waals surface area contributed by atoms with Gasteiger partial charge in [-0.3, -0.25) is 9.59 Å². The highest BCUT2D eigenvalue weighted by atomic mass is 79.9. The molecule has 138 valence electrons. The zero-order chi connectivity index (χ0) is 18.5. The van der Waals surface area contributed by atoms with Crippen LogP contribution in [-0.4, -0.2) is 36.6 Å². The number of anilines is 2. The summed E-state index contributed by atoms with van der Waals surface area (Å²) in [6, 6.07) is 7.38. The Morgan fingerprint density at radius 3 is 2.65 bits per heavy atom. The van der Waals surface area contributed by atoms with Gasteiger partial charge < -0.3 is 21.1 Å². The van der Waals surface area contributed by atoms with Crippen molar-refractivity contribution >= 4 is 49.8 Å². The van der Waals surface area contributed by atoms with Gasteiger partial charge in [0, 0.05) is 21.6 Å². The maximum Gasteiger partial charge on any atom is 0.258 e. The fraction of sp³-hybridized carbons (Fsp3) is 0.333. The van der Waals surface area contributed by atoms with Gasteiger partial charge in [0.05, 0.1) is 18.7 Å². The molecular weight excluding hydrogens is 418 g/mol. The van der Waals surface area contributed by atoms with E-state index in [1.807, 2.05) is 24.3 Å². The molecule has 8 heteroatoms. The van der Waals surface area contributed by atoms with E-state index in [0.717, 1.165) is 29.3 Å². The van der Waals surface area contributed by atoms with Crippen molar-refractivity contribution in [2.75, 3.05) is 30.3 Å². The van der Waals surface area contributed by atoms with Crippen LogP contribution in [0.1, 0.15) is 27.2 Å². The molecule has 4 N–H and O–H groups in total. The number of aliphatic hydroxyl groups excluding tert-OH is 1. The number of halogens is 1. The van der Waals surface area contributed by atoms with Crippen LogP contribution in [0.25, 0.3) is 0 Å². The minimum Gasteiger partial charge on any atom is -0.395 e. The molecule has 0 bridgehead atoms. The van der Waals surface area contributed by atoms with Gasteiger partial charge in [0.25, 0.3) is 5.91 Å². The van der Waals surface area contributed by atoms with Crippen molar-refractivity contribution in [1.29, 1.82) is 0 Å². The first kappa shape index (κ1) is 19.0. The normalized spacial score (nSPS) is 12.7. The van der Waals surface area contributed by atoms with Crippen LogP contribution in [0.2, 0.25) is 0 Å². The molecule has 2 amide bonds. The number of hydrogen-bond acceptors (Lipinski definition) is 5. The minimum atomic E-state index is -0.226. The van der Waals surface area contributed by atoms with Crippen LogP contribution < -0.4 is 16.0 Å². The first-order valence-electron chi connectivity index (χ1n) is 8.41. The first-order valence-corrected chi connectivity index (χ1v) is 10.0. The number of hydrogen-bond donors (Lipinski definition) is 4. The quantitative estimate of drug-likeness (QED) is 0.501. The number of amides is 2. The van der Waals surface area contributed by atoms with Gasteiger partial charge in [-0.2, -0.15) is 0 Å². The zero-order valence-electron chi connectivity index (χ0n) is 14.1. The number of fused-ring (bicyclic) bond motifs is 1. The van der Waals surface area contributed by atoms with E-state index in [2.05, 4.69) is 31.9 Å². The number of carbonyl (C=O) groups excluding carboxylic acids is 2. The van der Waals surface area contributed by atoms with Gasteiger partial charge in [-0.25, -0.2) is 0 Å². The van der Waals surface area contributed by atoms with Crippen LogP contribution in [0.15, 0.2) is 28.7 Å². The van der Waals surface area contributed by atoms with Gasteiger partial charge in [0.15, 0.2) is 0 Å². The molecule has 1 aliphatic rings. The molecule has 1 heterocycles. The van der Waals surface area contributed by atoms with E-state index in [1.165, 1.54) is 16.2 Å². The van der Waals surface area contributed by atoms with Crippen molar-refractivity contribution in [3.63, 3.8) is 0 Å². The van der Waals surface area contributed by atoms with E-state index in [0.29, 0.717) is 22.8 Å². The lowest BCUT2D eigenvalue weighted by Crippen LogP contribution is -2.30. The van der Waals surface area contributed by atoms with E-state index in [9.17, 15) is 9.59 Å². The second-order valence-electron chi connectivity index (χ2n) is 5.97. The van der Waals surface area contributed by atoms with Gasteiger partial charge in [-0.1, -0.05) is 15.9 Å². The lowest BCUT2D eigenvalue weighted by atomic mass is 10.1. The zero-order valence-corrected chi connectivity index (χ0v) is 16.5. The number of aliphatic hydroxyl groups is 1. The third kappa shape index (κ3) is 4.50. The molecule has 0 atom stereocenters. The third-order valence-electron chi connectivity index (χ3n) is 4.08. The number of benzene rings is 1. The van der Waals surface area contributed by atoms with E-state index >= 15 is 0 Å². The summed E-state index contributed by atoms with van der Waals surface area (Å²) >= 11 is 4.86. The molecule has 0 radical (unpaired) electrons. The van der Waals surface area contributed by atoms with Crippen LogP contribution in [0.5, 0.6) is 0 Å². The highest BCUT2D eigenvalue weighted by Crippen LogP contribution is 2.39. The van der Waals surface area contributed by atoms with Gasteiger partial charge in [0.1, 0.15) is 5.00 Å². The molecule has 0 saturated heterocycles. The molecular formula is C18H20BrN3O3S. The summed E-state index contributed by atoms with van der Waals surface area (Å²) in [5, 5.41) is 18.0. The van der Waals surface area contributed by atoms with Gasteiger partial charge in [-0.05, 0) is 49.1 Å². The number of thiophene rings is 1. The van der Waals surface area contributed by atoms with Gasteiger partial charge >= 0.3 is 0 Å². The largest absolute Gasteiger partial charge is 0.395 e. The lowest BCUT2D eigenvalue weighted by Gasteiger charge is -2.10. The van der Waals surface area contributed by atoms with Crippen LogP contribution >= 0.6 is 27.3 Å². The van der Waals surface area contributed by atoms with Crippen molar-refractivity contribution in [3.8, 4) is 0 Å². The summed E-state index contributed by atoms with van der Waals surface area (Å²) < 4.78 is 0.940. The number of carbonyl (C=O) groups is 2. The molecule has 1 aliphatic carbocycles. The average Bonchev–Trinajstić information content (AvgIpc) is 3.17. The molecule has 1 aromatic carbocycles. The van der Waals surface area contributed by atoms with Crippen molar-refractivity contribution in [2.45, 2.75) is 19.3 Å². The number of aryl methyl sites for hydroxylation is 1. The molecule has 1 aromatic heterocycles. The third-order valence-corrected chi connectivity index (χ3v) is 5.81. The molecule has 0 spiro atoms. The molecule has 0 fully saturated rings. The summed E-state index contributed by atoms with van der Waals surface area (Å²) in [6.07, 6.45) is 2.83. The Balaban J connectivity index is 1.77. The minimum absolute atomic E-state index is 0.0264. The van der Waals surface area contributed by atoms with Crippen LogP contribution in [-0.2, 0) is 17.6 Å². The van der Waals surface area contributed by atoms with Crippen molar-refractivity contribution in [3.05, 3.63) is 44.7 Å². The summed E-state index contributed by atoms with van der Waals surface area (Å²) in [5.41, 5.74) is 2.32. The topological polar surface area (TPSA) is 90.5 Å². The molecule has 0 unspecified atom stereocenters. The smallest absolute Gasteiger partial charge is 0.258 e. The molecule has 26 heavy (non-hydrogen) atoms. The second-order valence-corrected chi connectivity index (χ2v) is 7.99. The Morgan fingerprint density at radius 1 is 1.15 bits per heavy atom. The Kier molecular flexibility index (Phi) is 6.42. The van der Waals surface area contributed by atoms with Crippen molar-refractivity contribution in [2.24, 2.45) is 0 Å². The Labute approximate surface area is 164 Å². The van der Waals surface area contributed by atoms with Crippen molar-refractivity contribution in [1.82, 2.24) is 5.32 Å². The monoisotopic (exact) mass is 437 g/mol. The highest BCUT2D eigenvalue weighted by molar-refractivity contribution is 9.10. The van der Waals surface area contributed by atoms with Crippen LogP contribution in [0.3, 0.4) is 0 Å². The van der Waals surface area contributed by atoms with Crippen LogP contribution in [0, 0.1) is 0 Å². The SMILES string of the molecule is O=C(CNCCO)Nc1sc2c(c1C(=O)Nc1ccc(Br)cc1)CCC2. The maximum absolute atomic E-state index is 12.9. The second kappa shape index (κ2) is 8.77. The fourth-order valence-corrected chi connectivity index (χ4v) is 4.48. The predicted molar refractivity (Wildman–Crippen MR) is 107 cm³/mol. The summed E-state index contributed by atoms with van der Waals surface area (Å²) in [7, 11) is 0. The molecule has 6 nitrogen and oxygen atoms in total. The molecule has 0 aliphatic heterocycles. The standard InChI is InChI=1S/C18H20BrN3O3S/c19-11-4-6-12(7-5-11)21-17(25)16-13-2-1-3-14(13)26-18(16)22-15(24)10-20-8-9-23/h4-7,20,23H,1-3,8-10H2,(H,21,25)(H,22,24). The first-order chi connectivity index (χ1) is 12.6. The molecule has 0 saturated carbocycles.